The largest absolute Gasteiger partial charge is 0.371 e. The number of aromatic nitrogens is 3. The minimum Gasteiger partial charge on any atom is -0.371 e. The second kappa shape index (κ2) is 6.36. The molecule has 1 aliphatic rings. The molecular formula is C19H17N5O. The Kier molecular flexibility index (Phi) is 3.90. The van der Waals surface area contributed by atoms with E-state index >= 15 is 0 Å². The van der Waals surface area contributed by atoms with E-state index in [0.717, 1.165) is 42.7 Å². The molecule has 3 aromatic rings. The number of nitrogens with zero attached hydrogens (tertiary/aromatic N) is 4. The first-order valence-corrected chi connectivity index (χ1v) is 8.33. The Bertz CT molecular complexity index is 995. The second-order valence-corrected chi connectivity index (χ2v) is 6.26. The summed E-state index contributed by atoms with van der Waals surface area (Å²) < 4.78 is 0. The van der Waals surface area contributed by atoms with E-state index in [1.165, 1.54) is 0 Å². The number of rotatable bonds is 2. The van der Waals surface area contributed by atoms with Crippen LogP contribution in [0.25, 0.3) is 11.0 Å². The van der Waals surface area contributed by atoms with Gasteiger partial charge in [0.1, 0.15) is 11.7 Å². The molecule has 0 aromatic carbocycles. The smallest absolute Gasteiger partial charge is 0.251 e. The molecule has 0 amide bonds. The lowest BCUT2D eigenvalue weighted by molar-refractivity contribution is 0.497. The average Bonchev–Trinajstić information content (AvgIpc) is 2.67. The van der Waals surface area contributed by atoms with E-state index in [1.54, 1.807) is 18.5 Å². The number of fused-ring (bicyclic) bond motifs is 1. The van der Waals surface area contributed by atoms with Crippen molar-refractivity contribution in [1.82, 2.24) is 15.0 Å². The molecule has 0 radical (unpaired) electrons. The van der Waals surface area contributed by atoms with Gasteiger partial charge in [-0.3, -0.25) is 9.78 Å². The van der Waals surface area contributed by atoms with E-state index in [-0.39, 0.29) is 5.56 Å². The first kappa shape index (κ1) is 15.3. The minimum atomic E-state index is -0.128. The molecule has 1 saturated heterocycles. The number of piperidine rings is 1. The van der Waals surface area contributed by atoms with Crippen LogP contribution in [0.15, 0.2) is 47.5 Å². The number of nitrogens with one attached hydrogen (secondary N) is 1. The third-order valence-electron chi connectivity index (χ3n) is 4.76. The van der Waals surface area contributed by atoms with Gasteiger partial charge in [-0.2, -0.15) is 5.26 Å². The van der Waals surface area contributed by atoms with Gasteiger partial charge in [0.25, 0.3) is 5.56 Å². The fourth-order valence-corrected chi connectivity index (χ4v) is 3.46. The van der Waals surface area contributed by atoms with E-state index in [1.807, 2.05) is 24.3 Å². The Labute approximate surface area is 144 Å². The Balaban J connectivity index is 1.56. The molecule has 124 valence electrons. The van der Waals surface area contributed by atoms with Crippen LogP contribution in [0.1, 0.15) is 30.0 Å². The van der Waals surface area contributed by atoms with E-state index in [4.69, 9.17) is 5.26 Å². The van der Waals surface area contributed by atoms with Crippen molar-refractivity contribution in [2.45, 2.75) is 18.8 Å². The molecule has 1 N–H and O–H groups in total. The number of nitriles is 1. The van der Waals surface area contributed by atoms with Crippen LogP contribution in [0.5, 0.6) is 0 Å². The highest BCUT2D eigenvalue weighted by Gasteiger charge is 2.23. The van der Waals surface area contributed by atoms with Crippen LogP contribution in [0, 0.1) is 11.3 Å². The first-order valence-electron chi connectivity index (χ1n) is 8.33. The highest BCUT2D eigenvalue weighted by atomic mass is 16.1. The summed E-state index contributed by atoms with van der Waals surface area (Å²) in [5.74, 6) is 0.385. The number of anilines is 1. The number of aromatic amines is 1. The zero-order valence-corrected chi connectivity index (χ0v) is 13.6. The summed E-state index contributed by atoms with van der Waals surface area (Å²) in [5.41, 5.74) is 3.07. The standard InChI is InChI=1S/C19H17N5O/c20-11-13-3-4-16(22-12-13)14-5-8-24(9-6-14)17-10-18(25)23-19-15(17)2-1-7-21-19/h1-4,7,10,12,14H,5-6,8-9H2,(H,21,23,25). The lowest BCUT2D eigenvalue weighted by Crippen LogP contribution is -2.34. The van der Waals surface area contributed by atoms with Gasteiger partial charge in [-0.15, -0.1) is 0 Å². The molecular weight excluding hydrogens is 314 g/mol. The molecule has 0 atom stereocenters. The number of pyridine rings is 3. The summed E-state index contributed by atoms with van der Waals surface area (Å²) in [6.45, 7) is 1.72. The van der Waals surface area contributed by atoms with E-state index < -0.39 is 0 Å². The highest BCUT2D eigenvalue weighted by molar-refractivity contribution is 5.89. The molecule has 3 aromatic heterocycles. The maximum Gasteiger partial charge on any atom is 0.251 e. The van der Waals surface area contributed by atoms with Crippen LogP contribution >= 0.6 is 0 Å². The molecule has 1 fully saturated rings. The molecule has 6 heteroatoms. The molecule has 1 aliphatic heterocycles. The number of hydrogen-bond donors (Lipinski definition) is 1. The monoisotopic (exact) mass is 331 g/mol. The molecule has 0 spiro atoms. The van der Waals surface area contributed by atoms with Crippen molar-refractivity contribution in [2.24, 2.45) is 0 Å². The maximum absolute atomic E-state index is 11.9. The van der Waals surface area contributed by atoms with Gasteiger partial charge in [0, 0.05) is 48.5 Å². The Morgan fingerprint density at radius 1 is 1.20 bits per heavy atom. The number of hydrogen-bond acceptors (Lipinski definition) is 5. The quantitative estimate of drug-likeness (QED) is 0.780. The van der Waals surface area contributed by atoms with Crippen molar-refractivity contribution in [1.29, 1.82) is 5.26 Å². The lowest BCUT2D eigenvalue weighted by Gasteiger charge is -2.33. The Morgan fingerprint density at radius 2 is 2.04 bits per heavy atom. The third-order valence-corrected chi connectivity index (χ3v) is 4.76. The second-order valence-electron chi connectivity index (χ2n) is 6.26. The summed E-state index contributed by atoms with van der Waals surface area (Å²) >= 11 is 0. The summed E-state index contributed by atoms with van der Waals surface area (Å²) in [4.78, 5) is 25.7. The van der Waals surface area contributed by atoms with E-state index in [0.29, 0.717) is 17.1 Å². The SMILES string of the molecule is N#Cc1ccc(C2CCN(c3cc(=O)[nH]c4ncccc34)CC2)nc1. The fourth-order valence-electron chi connectivity index (χ4n) is 3.46. The summed E-state index contributed by atoms with van der Waals surface area (Å²) in [6.07, 6.45) is 5.25. The van der Waals surface area contributed by atoms with E-state index in [2.05, 4.69) is 25.9 Å². The first-order chi connectivity index (χ1) is 12.2. The van der Waals surface area contributed by atoms with Crippen molar-refractivity contribution >= 4 is 16.7 Å². The van der Waals surface area contributed by atoms with Gasteiger partial charge in [0.2, 0.25) is 0 Å². The van der Waals surface area contributed by atoms with Gasteiger partial charge in [-0.05, 0) is 37.1 Å². The maximum atomic E-state index is 11.9. The van der Waals surface area contributed by atoms with E-state index in [9.17, 15) is 4.79 Å². The molecule has 4 rings (SSSR count). The number of H-pyrrole nitrogens is 1. The predicted molar refractivity (Wildman–Crippen MR) is 95.5 cm³/mol. The summed E-state index contributed by atoms with van der Waals surface area (Å²) in [7, 11) is 0. The molecule has 0 aliphatic carbocycles. The molecule has 25 heavy (non-hydrogen) atoms. The van der Waals surface area contributed by atoms with Crippen LogP contribution in [-0.2, 0) is 0 Å². The topological polar surface area (TPSA) is 85.7 Å². The summed E-state index contributed by atoms with van der Waals surface area (Å²) in [5, 5.41) is 9.85. The lowest BCUT2D eigenvalue weighted by atomic mass is 9.92. The average molecular weight is 331 g/mol. The third kappa shape index (κ3) is 2.96. The summed E-state index contributed by atoms with van der Waals surface area (Å²) in [6, 6.07) is 11.4. The van der Waals surface area contributed by atoms with Gasteiger partial charge in [-0.25, -0.2) is 4.98 Å². The van der Waals surface area contributed by atoms with Gasteiger partial charge in [0.15, 0.2) is 0 Å². The van der Waals surface area contributed by atoms with Crippen molar-refractivity contribution in [2.75, 3.05) is 18.0 Å². The molecule has 0 unspecified atom stereocenters. The van der Waals surface area contributed by atoms with Gasteiger partial charge < -0.3 is 9.88 Å². The zero-order chi connectivity index (χ0) is 17.2. The van der Waals surface area contributed by atoms with Crippen LogP contribution in [0.2, 0.25) is 0 Å². The van der Waals surface area contributed by atoms with Crippen molar-refractivity contribution < 1.29 is 0 Å². The van der Waals surface area contributed by atoms with Crippen molar-refractivity contribution in [3.8, 4) is 6.07 Å². The molecule has 4 heterocycles. The zero-order valence-electron chi connectivity index (χ0n) is 13.6. The molecule has 0 saturated carbocycles. The van der Waals surface area contributed by atoms with Gasteiger partial charge in [-0.1, -0.05) is 0 Å². The van der Waals surface area contributed by atoms with Crippen LogP contribution < -0.4 is 10.5 Å². The predicted octanol–water partition coefficient (Wildman–Crippen LogP) is 2.57. The van der Waals surface area contributed by atoms with Gasteiger partial charge in [0.05, 0.1) is 11.3 Å². The highest BCUT2D eigenvalue weighted by Crippen LogP contribution is 2.31. The minimum absolute atomic E-state index is 0.128. The van der Waals surface area contributed by atoms with Crippen molar-refractivity contribution in [3.63, 3.8) is 0 Å². The van der Waals surface area contributed by atoms with Crippen LogP contribution in [-0.4, -0.2) is 28.0 Å². The van der Waals surface area contributed by atoms with Crippen LogP contribution in [0.4, 0.5) is 5.69 Å². The van der Waals surface area contributed by atoms with Crippen LogP contribution in [0.3, 0.4) is 0 Å². The molecule has 6 nitrogen and oxygen atoms in total. The normalized spacial score (nSPS) is 15.2. The molecule has 0 bridgehead atoms. The Morgan fingerprint density at radius 3 is 2.76 bits per heavy atom. The van der Waals surface area contributed by atoms with Crippen molar-refractivity contribution in [3.05, 3.63) is 64.3 Å². The fraction of sp³-hybridized carbons (Fsp3) is 0.263. The Hall–Kier alpha value is -3.20. The van der Waals surface area contributed by atoms with Gasteiger partial charge >= 0.3 is 0 Å².